The standard InChI is InChI=1S/C48H29NOS.C42H25NOS/c1-4-16-43-37(13-1)38-14-2-5-17-44(38)49(43)36-21-24-48-42(29-36)41-28-35(20-23-47(41)51-48)33-12-8-10-31(26-33)30-9-7-11-32(25-30)34-19-22-46-40(27-34)39-15-3-6-18-45(39)50-46;1-2-8-26(9-3-1)27-15-20-41-35(23-27)36-24-29(16-21-42(36)45-41)28-14-18-39-33(22-28)34-25-30(17-19-40(34)44-39)43-37-12-6-4-10-31(37)32-11-5-7-13-38(32)43/h1-29H;1-25H. The summed E-state index contributed by atoms with van der Waals surface area (Å²) >= 11 is 3.72. The van der Waals surface area contributed by atoms with Crippen LogP contribution in [-0.2, 0) is 0 Å². The zero-order chi connectivity index (χ0) is 63.0. The van der Waals surface area contributed by atoms with Crippen LogP contribution in [0, 0.1) is 0 Å². The molecule has 0 aliphatic rings. The molecule has 0 aliphatic carbocycles. The van der Waals surface area contributed by atoms with E-state index in [0.29, 0.717) is 0 Å². The molecule has 15 aromatic carbocycles. The maximum atomic E-state index is 6.35. The van der Waals surface area contributed by atoms with Gasteiger partial charge in [0.05, 0.1) is 22.1 Å². The van der Waals surface area contributed by atoms with E-state index in [1.54, 1.807) is 0 Å². The molecule has 21 rings (SSSR count). The minimum Gasteiger partial charge on any atom is -0.456 e. The van der Waals surface area contributed by atoms with E-state index in [9.17, 15) is 0 Å². The molecule has 96 heavy (non-hydrogen) atoms. The van der Waals surface area contributed by atoms with Gasteiger partial charge in [-0.1, -0.05) is 188 Å². The number of thiophene rings is 2. The summed E-state index contributed by atoms with van der Waals surface area (Å²) in [5.41, 5.74) is 22.9. The minimum atomic E-state index is 0.902. The predicted molar refractivity (Wildman–Crippen MR) is 409 cm³/mol. The SMILES string of the molecule is c1cc(-c2cccc(-c3ccc4sc5ccc(-n6c7ccccc7c7ccccc76)cc5c4c3)c2)cc(-c2ccc3oc4ccccc4c3c2)c1.c1ccc(-c2ccc3sc4ccc(-c5ccc6oc7ccc(-n8c9ccccc9c9ccccc98)cc7c6c5)cc4c3c2)cc1. The highest BCUT2D eigenvalue weighted by molar-refractivity contribution is 7.26. The van der Waals surface area contributed by atoms with Gasteiger partial charge >= 0.3 is 0 Å². The number of furan rings is 2. The highest BCUT2D eigenvalue weighted by atomic mass is 32.1. The molecule has 0 atom stereocenters. The Balaban J connectivity index is 0.000000132. The molecule has 4 nitrogen and oxygen atoms in total. The van der Waals surface area contributed by atoms with Gasteiger partial charge in [-0.05, 0) is 195 Å². The third kappa shape index (κ3) is 8.87. The zero-order valence-corrected chi connectivity index (χ0v) is 53.3. The van der Waals surface area contributed by atoms with Crippen molar-refractivity contribution in [2.24, 2.45) is 0 Å². The van der Waals surface area contributed by atoms with Gasteiger partial charge < -0.3 is 18.0 Å². The van der Waals surface area contributed by atoms with Crippen molar-refractivity contribution in [2.75, 3.05) is 0 Å². The van der Waals surface area contributed by atoms with Crippen LogP contribution >= 0.6 is 22.7 Å². The normalized spacial score (nSPS) is 12.0. The highest BCUT2D eigenvalue weighted by Crippen LogP contribution is 2.44. The summed E-state index contributed by atoms with van der Waals surface area (Å²) in [7, 11) is 0. The number of hydrogen-bond donors (Lipinski definition) is 0. The quantitative estimate of drug-likeness (QED) is 0.159. The maximum absolute atomic E-state index is 6.35. The molecule has 0 saturated heterocycles. The zero-order valence-electron chi connectivity index (χ0n) is 51.7. The average molecular weight is 1260 g/mol. The van der Waals surface area contributed by atoms with Gasteiger partial charge in [0.15, 0.2) is 0 Å². The molecule has 0 amide bonds. The van der Waals surface area contributed by atoms with Crippen LogP contribution in [0.2, 0.25) is 0 Å². The van der Waals surface area contributed by atoms with E-state index in [1.165, 1.54) is 145 Å². The second kappa shape index (κ2) is 21.8. The second-order valence-corrected chi connectivity index (χ2v) is 27.3. The summed E-state index contributed by atoms with van der Waals surface area (Å²) in [6.07, 6.45) is 0. The van der Waals surface area contributed by atoms with Gasteiger partial charge in [0.1, 0.15) is 22.3 Å². The lowest BCUT2D eigenvalue weighted by Gasteiger charge is -2.10. The van der Waals surface area contributed by atoms with Crippen LogP contribution in [0.15, 0.2) is 336 Å². The van der Waals surface area contributed by atoms with Crippen LogP contribution in [0.4, 0.5) is 0 Å². The van der Waals surface area contributed by atoms with Gasteiger partial charge in [-0.25, -0.2) is 0 Å². The molecule has 6 heteroatoms. The van der Waals surface area contributed by atoms with Crippen molar-refractivity contribution < 1.29 is 8.83 Å². The number of para-hydroxylation sites is 5. The topological polar surface area (TPSA) is 36.1 Å². The largest absolute Gasteiger partial charge is 0.456 e. The average Bonchev–Trinajstić information content (AvgIpc) is 1.60. The molecule has 21 aromatic rings. The molecule has 0 saturated carbocycles. The van der Waals surface area contributed by atoms with Crippen molar-refractivity contribution in [3.8, 4) is 67.0 Å². The lowest BCUT2D eigenvalue weighted by atomic mass is 9.95. The van der Waals surface area contributed by atoms with Gasteiger partial charge in [0.25, 0.3) is 0 Å². The lowest BCUT2D eigenvalue weighted by molar-refractivity contribution is 0.668. The van der Waals surface area contributed by atoms with Gasteiger partial charge in [0, 0.05) is 94.8 Å². The van der Waals surface area contributed by atoms with Gasteiger partial charge in [0.2, 0.25) is 0 Å². The summed E-state index contributed by atoms with van der Waals surface area (Å²) in [5, 5.41) is 14.8. The number of rotatable bonds is 7. The maximum Gasteiger partial charge on any atom is 0.135 e. The summed E-state index contributed by atoms with van der Waals surface area (Å²) in [4.78, 5) is 0. The molecule has 0 unspecified atom stereocenters. The summed E-state index contributed by atoms with van der Waals surface area (Å²) in [6, 6.07) is 119. The Kier molecular flexibility index (Phi) is 12.4. The van der Waals surface area contributed by atoms with Crippen LogP contribution in [0.5, 0.6) is 0 Å². The predicted octanol–water partition coefficient (Wildman–Crippen LogP) is 26.4. The smallest absolute Gasteiger partial charge is 0.135 e. The van der Waals surface area contributed by atoms with Crippen LogP contribution in [0.25, 0.3) is 195 Å². The second-order valence-electron chi connectivity index (χ2n) is 25.1. The van der Waals surface area contributed by atoms with Crippen molar-refractivity contribution in [3.63, 3.8) is 0 Å². The minimum absolute atomic E-state index is 0.902. The Hall–Kier alpha value is -12.1. The molecule has 0 aliphatic heterocycles. The molecular weight excluding hydrogens is 1210 g/mol. The first-order valence-electron chi connectivity index (χ1n) is 32.6. The number of benzene rings is 15. The Morgan fingerprint density at radius 1 is 0.177 bits per heavy atom. The number of fused-ring (bicyclic) bond motifs is 18. The molecule has 0 spiro atoms. The lowest BCUT2D eigenvalue weighted by Crippen LogP contribution is -1.93. The Morgan fingerprint density at radius 3 is 0.917 bits per heavy atom. The van der Waals surface area contributed by atoms with Crippen LogP contribution in [-0.4, -0.2) is 9.13 Å². The first-order valence-corrected chi connectivity index (χ1v) is 34.2. The fourth-order valence-corrected chi connectivity index (χ4v) is 17.1. The summed E-state index contributed by atoms with van der Waals surface area (Å²) in [6.45, 7) is 0. The molecule has 0 bridgehead atoms. The van der Waals surface area contributed by atoms with Crippen molar-refractivity contribution in [1.29, 1.82) is 0 Å². The summed E-state index contributed by atoms with van der Waals surface area (Å²) < 4.78 is 22.5. The van der Waals surface area contributed by atoms with E-state index in [1.807, 2.05) is 34.8 Å². The van der Waals surface area contributed by atoms with Gasteiger partial charge in [-0.15, -0.1) is 22.7 Å². The van der Waals surface area contributed by atoms with Crippen molar-refractivity contribution in [1.82, 2.24) is 9.13 Å². The van der Waals surface area contributed by atoms with E-state index in [-0.39, 0.29) is 0 Å². The first kappa shape index (κ1) is 54.5. The first-order chi connectivity index (χ1) is 47.5. The van der Waals surface area contributed by atoms with E-state index < -0.39 is 0 Å². The van der Waals surface area contributed by atoms with E-state index in [2.05, 4.69) is 325 Å². The monoisotopic (exact) mass is 1260 g/mol. The highest BCUT2D eigenvalue weighted by Gasteiger charge is 2.19. The Morgan fingerprint density at radius 2 is 0.458 bits per heavy atom. The molecule has 6 heterocycles. The van der Waals surface area contributed by atoms with E-state index in [4.69, 9.17) is 8.83 Å². The van der Waals surface area contributed by atoms with Crippen LogP contribution in [0.3, 0.4) is 0 Å². The number of nitrogens with zero attached hydrogens (tertiary/aromatic N) is 2. The molecule has 0 radical (unpaired) electrons. The van der Waals surface area contributed by atoms with Crippen molar-refractivity contribution in [2.45, 2.75) is 0 Å². The molecule has 0 fully saturated rings. The number of hydrogen-bond acceptors (Lipinski definition) is 4. The van der Waals surface area contributed by atoms with E-state index >= 15 is 0 Å². The van der Waals surface area contributed by atoms with Gasteiger partial charge in [-0.2, -0.15) is 0 Å². The molecule has 448 valence electrons. The van der Waals surface area contributed by atoms with E-state index in [0.717, 1.165) is 49.6 Å². The fourth-order valence-electron chi connectivity index (χ4n) is 15.0. The molecule has 0 N–H and O–H groups in total. The third-order valence-corrected chi connectivity index (χ3v) is 21.9. The Labute approximate surface area is 559 Å². The van der Waals surface area contributed by atoms with Crippen LogP contribution in [0.1, 0.15) is 0 Å². The molecular formula is C90H54N2O2S2. The fraction of sp³-hybridized carbons (Fsp3) is 0. The number of aromatic nitrogens is 2. The van der Waals surface area contributed by atoms with Crippen LogP contribution < -0.4 is 0 Å². The van der Waals surface area contributed by atoms with Crippen molar-refractivity contribution in [3.05, 3.63) is 328 Å². The van der Waals surface area contributed by atoms with Gasteiger partial charge in [-0.3, -0.25) is 0 Å². The summed E-state index contributed by atoms with van der Waals surface area (Å²) in [5.74, 6) is 0. The Bertz CT molecular complexity index is 6620. The molecule has 6 aromatic heterocycles. The third-order valence-electron chi connectivity index (χ3n) is 19.6. The van der Waals surface area contributed by atoms with Crippen molar-refractivity contribution >= 4 is 151 Å².